The summed E-state index contributed by atoms with van der Waals surface area (Å²) in [6.07, 6.45) is -9.15. The van der Waals surface area contributed by atoms with Crippen LogP contribution in [-0.4, -0.2) is 39.4 Å². The van der Waals surface area contributed by atoms with Gasteiger partial charge in [0.1, 0.15) is 12.1 Å². The molecule has 1 rings (SSSR count). The highest BCUT2D eigenvalue weighted by Crippen LogP contribution is 2.24. The summed E-state index contributed by atoms with van der Waals surface area (Å²) in [5.74, 6) is -1.17. The van der Waals surface area contributed by atoms with Gasteiger partial charge in [0, 0.05) is 0 Å². The first-order chi connectivity index (χ1) is 9.39. The van der Waals surface area contributed by atoms with E-state index in [4.69, 9.17) is 11.6 Å². The van der Waals surface area contributed by atoms with Gasteiger partial charge < -0.3 is 10.6 Å². The number of alkyl halides is 6. The number of aromatic nitrogens is 3. The molecule has 0 saturated heterocycles. The van der Waals surface area contributed by atoms with Gasteiger partial charge >= 0.3 is 12.4 Å². The topological polar surface area (TPSA) is 62.7 Å². The Hall–Kier alpha value is -0.820. The standard InChI is InChI=1S/C9H10ClF6N5.2H2S/c1-3(8(11,12)13)17-6-19-5(10)20-7(21-6)18-4(2)9(14,15)16;;/h3-4H,1-2H3,(H2,17,18,19,20,21);2*1H2/t3-,4?;;/m0../s1. The molecule has 0 spiro atoms. The third-order valence-corrected chi connectivity index (χ3v) is 2.45. The Morgan fingerprint density at radius 3 is 1.35 bits per heavy atom. The van der Waals surface area contributed by atoms with Crippen molar-refractivity contribution in [1.82, 2.24) is 15.0 Å². The molecule has 23 heavy (non-hydrogen) atoms. The maximum Gasteiger partial charge on any atom is 0.408 e. The first-order valence-corrected chi connectivity index (χ1v) is 5.85. The van der Waals surface area contributed by atoms with Gasteiger partial charge in [-0.3, -0.25) is 0 Å². The second-order valence-electron chi connectivity index (χ2n) is 4.07. The molecule has 136 valence electrons. The SMILES string of the molecule is CC(Nc1nc(Cl)nc(N[C@@H](C)C(F)(F)F)n1)C(F)(F)F.S.S. The number of hydrogen-bond acceptors (Lipinski definition) is 5. The molecule has 1 aromatic heterocycles. The highest BCUT2D eigenvalue weighted by Gasteiger charge is 2.38. The molecule has 0 saturated carbocycles. The van der Waals surface area contributed by atoms with Crippen LogP contribution in [0.15, 0.2) is 0 Å². The molecule has 0 aliphatic rings. The van der Waals surface area contributed by atoms with E-state index in [9.17, 15) is 26.3 Å². The smallest absolute Gasteiger partial charge is 0.343 e. The normalized spacial score (nSPS) is 14.1. The maximum atomic E-state index is 12.4. The Morgan fingerprint density at radius 2 is 1.09 bits per heavy atom. The van der Waals surface area contributed by atoms with E-state index in [0.717, 1.165) is 13.8 Å². The van der Waals surface area contributed by atoms with Crippen molar-refractivity contribution in [3.05, 3.63) is 5.28 Å². The fourth-order valence-electron chi connectivity index (χ4n) is 1.03. The molecule has 0 amide bonds. The minimum atomic E-state index is -4.58. The zero-order valence-electron chi connectivity index (χ0n) is 11.6. The van der Waals surface area contributed by atoms with Crippen LogP contribution in [0, 0.1) is 0 Å². The molecule has 5 nitrogen and oxygen atoms in total. The molecule has 1 heterocycles. The minimum Gasteiger partial charge on any atom is -0.343 e. The highest BCUT2D eigenvalue weighted by atomic mass is 35.5. The van der Waals surface area contributed by atoms with Gasteiger partial charge in [-0.25, -0.2) is 0 Å². The molecule has 0 aliphatic heterocycles. The molecule has 1 aromatic rings. The van der Waals surface area contributed by atoms with Crippen molar-refractivity contribution in [1.29, 1.82) is 0 Å². The third-order valence-electron chi connectivity index (χ3n) is 2.28. The van der Waals surface area contributed by atoms with E-state index in [2.05, 4.69) is 15.0 Å². The molecule has 2 atom stereocenters. The fraction of sp³-hybridized carbons (Fsp3) is 0.667. The van der Waals surface area contributed by atoms with E-state index in [1.54, 1.807) is 0 Å². The van der Waals surface area contributed by atoms with Crippen LogP contribution in [-0.2, 0) is 0 Å². The van der Waals surface area contributed by atoms with Gasteiger partial charge in [-0.2, -0.15) is 68.3 Å². The Balaban J connectivity index is 0. The highest BCUT2D eigenvalue weighted by molar-refractivity contribution is 7.59. The number of nitrogens with one attached hydrogen (secondary N) is 2. The Kier molecular flexibility index (Phi) is 9.42. The van der Waals surface area contributed by atoms with Crippen molar-refractivity contribution in [2.75, 3.05) is 10.6 Å². The summed E-state index contributed by atoms with van der Waals surface area (Å²) in [4.78, 5) is 10.1. The molecular weight excluding hydrogens is 392 g/mol. The maximum absolute atomic E-state index is 12.4. The zero-order chi connectivity index (χ0) is 16.4. The lowest BCUT2D eigenvalue weighted by molar-refractivity contribution is -0.139. The molecule has 14 heteroatoms. The molecular formula is C9H14ClF6N5S2. The summed E-state index contributed by atoms with van der Waals surface area (Å²) in [5.41, 5.74) is 0. The second-order valence-corrected chi connectivity index (χ2v) is 4.40. The van der Waals surface area contributed by atoms with Gasteiger partial charge in [0.05, 0.1) is 0 Å². The van der Waals surface area contributed by atoms with Gasteiger partial charge in [0.25, 0.3) is 0 Å². The van der Waals surface area contributed by atoms with E-state index >= 15 is 0 Å². The van der Waals surface area contributed by atoms with Crippen molar-refractivity contribution in [3.8, 4) is 0 Å². The van der Waals surface area contributed by atoms with Crippen LogP contribution in [0.1, 0.15) is 13.8 Å². The fourth-order valence-corrected chi connectivity index (χ4v) is 1.19. The van der Waals surface area contributed by atoms with Crippen molar-refractivity contribution in [2.45, 2.75) is 38.3 Å². The number of halogens is 7. The van der Waals surface area contributed by atoms with Crippen molar-refractivity contribution >= 4 is 50.5 Å². The average Bonchev–Trinajstić information content (AvgIpc) is 2.25. The van der Waals surface area contributed by atoms with Crippen molar-refractivity contribution in [2.24, 2.45) is 0 Å². The number of nitrogens with zero attached hydrogens (tertiary/aromatic N) is 3. The monoisotopic (exact) mass is 405 g/mol. The van der Waals surface area contributed by atoms with E-state index < -0.39 is 41.6 Å². The summed E-state index contributed by atoms with van der Waals surface area (Å²) in [6.45, 7) is 1.59. The summed E-state index contributed by atoms with van der Waals surface area (Å²) in [5, 5.41) is 3.22. The van der Waals surface area contributed by atoms with E-state index in [-0.39, 0.29) is 27.0 Å². The predicted octanol–water partition coefficient (Wildman–Crippen LogP) is 3.48. The zero-order valence-corrected chi connectivity index (χ0v) is 14.4. The Bertz CT molecular complexity index is 460. The lowest BCUT2D eigenvalue weighted by Crippen LogP contribution is -2.35. The number of anilines is 2. The number of hydrogen-bond donors (Lipinski definition) is 2. The minimum absolute atomic E-state index is 0. The summed E-state index contributed by atoms with van der Waals surface area (Å²) in [6, 6.07) is -4.02. The molecule has 1 unspecified atom stereocenters. The van der Waals surface area contributed by atoms with Gasteiger partial charge in [0.2, 0.25) is 17.2 Å². The van der Waals surface area contributed by atoms with Crippen LogP contribution in [0.25, 0.3) is 0 Å². The van der Waals surface area contributed by atoms with Gasteiger partial charge in [0.15, 0.2) is 0 Å². The summed E-state index contributed by atoms with van der Waals surface area (Å²) < 4.78 is 74.2. The average molecular weight is 406 g/mol. The second kappa shape index (κ2) is 8.87. The predicted molar refractivity (Wildman–Crippen MR) is 83.9 cm³/mol. The first kappa shape index (κ1) is 24.4. The van der Waals surface area contributed by atoms with E-state index in [1.165, 1.54) is 0 Å². The molecule has 0 bridgehead atoms. The molecule has 0 fully saturated rings. The van der Waals surface area contributed by atoms with Crippen molar-refractivity contribution < 1.29 is 26.3 Å². The van der Waals surface area contributed by atoms with Gasteiger partial charge in [-0.05, 0) is 25.4 Å². The van der Waals surface area contributed by atoms with Crippen LogP contribution < -0.4 is 10.6 Å². The van der Waals surface area contributed by atoms with Gasteiger partial charge in [-0.1, -0.05) is 0 Å². The third kappa shape index (κ3) is 8.01. The van der Waals surface area contributed by atoms with Crippen LogP contribution >= 0.6 is 38.6 Å². The molecule has 0 aliphatic carbocycles. The summed E-state index contributed by atoms with van der Waals surface area (Å²) >= 11 is 5.44. The lowest BCUT2D eigenvalue weighted by Gasteiger charge is -2.19. The molecule has 2 N–H and O–H groups in total. The lowest BCUT2D eigenvalue weighted by atomic mass is 10.3. The largest absolute Gasteiger partial charge is 0.408 e. The van der Waals surface area contributed by atoms with Crippen LogP contribution in [0.3, 0.4) is 0 Å². The van der Waals surface area contributed by atoms with E-state index in [0.29, 0.717) is 0 Å². The van der Waals surface area contributed by atoms with Crippen LogP contribution in [0.5, 0.6) is 0 Å². The van der Waals surface area contributed by atoms with E-state index in [1.807, 2.05) is 10.6 Å². The number of rotatable bonds is 4. The van der Waals surface area contributed by atoms with Crippen molar-refractivity contribution in [3.63, 3.8) is 0 Å². The van der Waals surface area contributed by atoms with Crippen LogP contribution in [0.2, 0.25) is 5.28 Å². The Labute approximate surface area is 146 Å². The first-order valence-electron chi connectivity index (χ1n) is 5.47. The summed E-state index contributed by atoms with van der Waals surface area (Å²) in [7, 11) is 0. The molecule has 0 aromatic carbocycles. The van der Waals surface area contributed by atoms with Gasteiger partial charge in [-0.15, -0.1) is 0 Å². The quantitative estimate of drug-likeness (QED) is 0.751. The molecule has 0 radical (unpaired) electrons. The Morgan fingerprint density at radius 1 is 0.783 bits per heavy atom. The van der Waals surface area contributed by atoms with Crippen LogP contribution in [0.4, 0.5) is 38.2 Å².